The Morgan fingerprint density at radius 3 is 2.80 bits per heavy atom. The lowest BCUT2D eigenvalue weighted by Crippen LogP contribution is -2.06. The molecule has 0 aliphatic rings. The fraction of sp³-hybridized carbons (Fsp3) is 0.400. The van der Waals surface area contributed by atoms with Crippen molar-refractivity contribution in [3.63, 3.8) is 0 Å². The van der Waals surface area contributed by atoms with E-state index in [4.69, 9.17) is 5.11 Å². The van der Waals surface area contributed by atoms with Gasteiger partial charge in [-0.2, -0.15) is 5.10 Å². The van der Waals surface area contributed by atoms with Crippen LogP contribution < -0.4 is 0 Å². The lowest BCUT2D eigenvalue weighted by atomic mass is 10.6. The molecule has 0 aliphatic carbocycles. The smallest absolute Gasteiger partial charge is 0.257 e. The second-order valence-corrected chi connectivity index (χ2v) is 1.81. The SMILES string of the molecule is Oc1cnn(CC(F)F)c1. The first-order chi connectivity index (χ1) is 4.68. The van der Waals surface area contributed by atoms with E-state index in [9.17, 15) is 8.78 Å². The molecule has 1 aromatic rings. The van der Waals surface area contributed by atoms with Crippen molar-refractivity contribution in [2.75, 3.05) is 0 Å². The van der Waals surface area contributed by atoms with Crippen molar-refractivity contribution < 1.29 is 13.9 Å². The summed E-state index contributed by atoms with van der Waals surface area (Å²) in [5.74, 6) is -0.0966. The Morgan fingerprint density at radius 2 is 2.40 bits per heavy atom. The van der Waals surface area contributed by atoms with E-state index < -0.39 is 13.0 Å². The summed E-state index contributed by atoms with van der Waals surface area (Å²) in [5, 5.41) is 12.1. The Labute approximate surface area is 55.9 Å². The predicted octanol–water partition coefficient (Wildman–Crippen LogP) is 0.854. The second-order valence-electron chi connectivity index (χ2n) is 1.81. The van der Waals surface area contributed by atoms with Gasteiger partial charge in [-0.1, -0.05) is 0 Å². The largest absolute Gasteiger partial charge is 0.505 e. The molecule has 0 spiro atoms. The van der Waals surface area contributed by atoms with Crippen LogP contribution in [0.1, 0.15) is 0 Å². The van der Waals surface area contributed by atoms with Crippen LogP contribution >= 0.6 is 0 Å². The highest BCUT2D eigenvalue weighted by molar-refractivity contribution is 5.08. The first-order valence-electron chi connectivity index (χ1n) is 2.68. The van der Waals surface area contributed by atoms with Gasteiger partial charge in [0.15, 0.2) is 5.75 Å². The average Bonchev–Trinajstić information content (AvgIpc) is 2.13. The molecule has 0 unspecified atom stereocenters. The summed E-state index contributed by atoms with van der Waals surface area (Å²) in [5.41, 5.74) is 0. The van der Waals surface area contributed by atoms with Crippen molar-refractivity contribution in [3.05, 3.63) is 12.4 Å². The quantitative estimate of drug-likeness (QED) is 0.675. The van der Waals surface area contributed by atoms with E-state index in [0.29, 0.717) is 0 Å². The summed E-state index contributed by atoms with van der Waals surface area (Å²) in [6, 6.07) is 0. The van der Waals surface area contributed by atoms with E-state index in [0.717, 1.165) is 17.1 Å². The molecule has 0 radical (unpaired) electrons. The fourth-order valence-electron chi connectivity index (χ4n) is 0.594. The summed E-state index contributed by atoms with van der Waals surface area (Å²) < 4.78 is 24.2. The Kier molecular flexibility index (Phi) is 1.84. The highest BCUT2D eigenvalue weighted by Crippen LogP contribution is 2.05. The summed E-state index contributed by atoms with van der Waals surface area (Å²) in [6.45, 7) is -0.472. The molecule has 1 rings (SSSR count). The molecule has 3 nitrogen and oxygen atoms in total. The summed E-state index contributed by atoms with van der Waals surface area (Å²) in [4.78, 5) is 0. The fourth-order valence-corrected chi connectivity index (χ4v) is 0.594. The van der Waals surface area contributed by atoms with Gasteiger partial charge in [0, 0.05) is 0 Å². The minimum absolute atomic E-state index is 0.0966. The maximum Gasteiger partial charge on any atom is 0.257 e. The first-order valence-corrected chi connectivity index (χ1v) is 2.68. The molecular formula is C5H6F2N2O. The van der Waals surface area contributed by atoms with Crippen LogP contribution in [0.5, 0.6) is 5.75 Å². The van der Waals surface area contributed by atoms with Gasteiger partial charge in [0.1, 0.15) is 6.54 Å². The predicted molar refractivity (Wildman–Crippen MR) is 29.9 cm³/mol. The van der Waals surface area contributed by atoms with Gasteiger partial charge in [0.2, 0.25) is 0 Å². The summed E-state index contributed by atoms with van der Waals surface area (Å²) >= 11 is 0. The molecule has 0 aliphatic heterocycles. The molecule has 0 bridgehead atoms. The maximum absolute atomic E-state index is 11.6. The van der Waals surface area contributed by atoms with Gasteiger partial charge < -0.3 is 5.11 Å². The van der Waals surface area contributed by atoms with E-state index in [2.05, 4.69) is 5.10 Å². The lowest BCUT2D eigenvalue weighted by molar-refractivity contribution is 0.121. The van der Waals surface area contributed by atoms with Crippen molar-refractivity contribution in [1.82, 2.24) is 9.78 Å². The molecule has 1 heterocycles. The molecule has 1 aromatic heterocycles. The van der Waals surface area contributed by atoms with Crippen molar-refractivity contribution in [3.8, 4) is 5.75 Å². The van der Waals surface area contributed by atoms with Crippen LogP contribution in [0.4, 0.5) is 8.78 Å². The monoisotopic (exact) mass is 148 g/mol. The average molecular weight is 148 g/mol. The van der Waals surface area contributed by atoms with Crippen LogP contribution in [-0.4, -0.2) is 21.3 Å². The van der Waals surface area contributed by atoms with Gasteiger partial charge in [-0.05, 0) is 0 Å². The molecule has 0 saturated heterocycles. The van der Waals surface area contributed by atoms with E-state index in [-0.39, 0.29) is 5.75 Å². The Morgan fingerprint density at radius 1 is 1.70 bits per heavy atom. The Balaban J connectivity index is 2.58. The number of rotatable bonds is 2. The minimum Gasteiger partial charge on any atom is -0.505 e. The zero-order chi connectivity index (χ0) is 7.56. The van der Waals surface area contributed by atoms with Gasteiger partial charge >= 0.3 is 0 Å². The van der Waals surface area contributed by atoms with Gasteiger partial charge in [-0.3, -0.25) is 4.68 Å². The van der Waals surface area contributed by atoms with E-state index in [1.807, 2.05) is 0 Å². The van der Waals surface area contributed by atoms with Gasteiger partial charge in [-0.15, -0.1) is 0 Å². The number of nitrogens with zero attached hydrogens (tertiary/aromatic N) is 2. The zero-order valence-electron chi connectivity index (χ0n) is 5.04. The normalized spacial score (nSPS) is 10.7. The first kappa shape index (κ1) is 6.98. The van der Waals surface area contributed by atoms with Crippen LogP contribution in [0.25, 0.3) is 0 Å². The lowest BCUT2D eigenvalue weighted by Gasteiger charge is -1.96. The highest BCUT2D eigenvalue weighted by atomic mass is 19.3. The second kappa shape index (κ2) is 2.64. The third-order valence-electron chi connectivity index (χ3n) is 0.945. The highest BCUT2D eigenvalue weighted by Gasteiger charge is 2.03. The molecule has 10 heavy (non-hydrogen) atoms. The molecule has 1 N–H and O–H groups in total. The number of alkyl halides is 2. The van der Waals surface area contributed by atoms with Gasteiger partial charge in [0.25, 0.3) is 6.43 Å². The van der Waals surface area contributed by atoms with Crippen LogP contribution in [-0.2, 0) is 6.54 Å². The van der Waals surface area contributed by atoms with Gasteiger partial charge in [0.05, 0.1) is 12.4 Å². The number of halogens is 2. The van der Waals surface area contributed by atoms with Gasteiger partial charge in [-0.25, -0.2) is 8.78 Å². The number of aromatic hydroxyl groups is 1. The minimum atomic E-state index is -2.43. The molecule has 5 heteroatoms. The van der Waals surface area contributed by atoms with E-state index in [1.54, 1.807) is 0 Å². The molecule has 0 amide bonds. The molecule has 0 atom stereocenters. The van der Waals surface area contributed by atoms with Crippen LogP contribution in [0.3, 0.4) is 0 Å². The summed E-state index contributed by atoms with van der Waals surface area (Å²) in [6.07, 6.45) is -0.173. The third-order valence-corrected chi connectivity index (χ3v) is 0.945. The Bertz CT molecular complexity index is 211. The standard InChI is InChI=1S/C5H6F2N2O/c6-5(7)3-9-2-4(10)1-8-9/h1-2,5,10H,3H2. The van der Waals surface area contributed by atoms with Crippen LogP contribution in [0, 0.1) is 0 Å². The van der Waals surface area contributed by atoms with Crippen molar-refractivity contribution in [1.29, 1.82) is 0 Å². The third kappa shape index (κ3) is 1.68. The number of hydrogen-bond acceptors (Lipinski definition) is 2. The molecule has 0 saturated carbocycles. The topological polar surface area (TPSA) is 38.1 Å². The van der Waals surface area contributed by atoms with Crippen molar-refractivity contribution >= 4 is 0 Å². The summed E-state index contributed by atoms with van der Waals surface area (Å²) in [7, 11) is 0. The number of hydrogen-bond donors (Lipinski definition) is 1. The van der Waals surface area contributed by atoms with Crippen molar-refractivity contribution in [2.24, 2.45) is 0 Å². The van der Waals surface area contributed by atoms with Crippen LogP contribution in [0.15, 0.2) is 12.4 Å². The van der Waals surface area contributed by atoms with Crippen molar-refractivity contribution in [2.45, 2.75) is 13.0 Å². The van der Waals surface area contributed by atoms with E-state index >= 15 is 0 Å². The molecular weight excluding hydrogens is 142 g/mol. The van der Waals surface area contributed by atoms with Crippen LogP contribution in [0.2, 0.25) is 0 Å². The number of aromatic nitrogens is 2. The Hall–Kier alpha value is -1.13. The van der Waals surface area contributed by atoms with E-state index in [1.165, 1.54) is 0 Å². The molecule has 56 valence electrons. The molecule has 0 fully saturated rings. The maximum atomic E-state index is 11.6. The zero-order valence-corrected chi connectivity index (χ0v) is 5.04. The molecule has 0 aromatic carbocycles.